The lowest BCUT2D eigenvalue weighted by Crippen LogP contribution is -2.41. The molecule has 0 aromatic carbocycles. The maximum Gasteiger partial charge on any atom is 0.359 e. The topological polar surface area (TPSA) is 71.1 Å². The fourth-order valence-corrected chi connectivity index (χ4v) is 0.882. The van der Waals surface area contributed by atoms with Crippen LogP contribution >= 0.6 is 0 Å². The fraction of sp³-hybridized carbons (Fsp3) is 0.857. The average molecular weight is 290 g/mol. The molecule has 0 aromatic rings. The van der Waals surface area contributed by atoms with E-state index in [1.165, 1.54) is 6.92 Å². The summed E-state index contributed by atoms with van der Waals surface area (Å²) in [6.45, 7) is 13.5. The summed E-state index contributed by atoms with van der Waals surface area (Å²) in [7, 11) is 0. The number of hydrogen-bond donors (Lipinski definition) is 0. The first kappa shape index (κ1) is 18.9. The second-order valence-corrected chi connectivity index (χ2v) is 6.82. The maximum atomic E-state index is 12.0. The van der Waals surface area contributed by atoms with E-state index in [1.54, 1.807) is 48.5 Å². The minimum Gasteiger partial charge on any atom is -0.297 e. The van der Waals surface area contributed by atoms with Crippen molar-refractivity contribution in [3.8, 4) is 0 Å². The van der Waals surface area contributed by atoms with Gasteiger partial charge in [0.2, 0.25) is 0 Å². The van der Waals surface area contributed by atoms with E-state index < -0.39 is 28.6 Å². The minimum atomic E-state index is -1.48. The van der Waals surface area contributed by atoms with Gasteiger partial charge in [-0.1, -0.05) is 6.92 Å². The molecule has 0 aliphatic carbocycles. The molecule has 0 spiro atoms. The third-order valence-corrected chi connectivity index (χ3v) is 2.34. The Labute approximate surface area is 120 Å². The summed E-state index contributed by atoms with van der Waals surface area (Å²) in [6, 6.07) is 0. The Morgan fingerprint density at radius 1 is 0.750 bits per heavy atom. The molecule has 0 fully saturated rings. The average Bonchev–Trinajstić information content (AvgIpc) is 2.29. The standard InChI is InChI=1S/C14H26O6/c1-9-14(8,10(15)17-19-12(2,3)4)11(16)18-20-13(5,6)7/h9H2,1-8H3. The van der Waals surface area contributed by atoms with Crippen LogP contribution in [0.2, 0.25) is 0 Å². The molecule has 0 unspecified atom stereocenters. The quantitative estimate of drug-likeness (QED) is 0.440. The van der Waals surface area contributed by atoms with Gasteiger partial charge in [0.05, 0.1) is 0 Å². The molecule has 0 radical (unpaired) electrons. The Kier molecular flexibility index (Phi) is 6.17. The molecule has 0 heterocycles. The number of carbonyl (C=O) groups is 2. The van der Waals surface area contributed by atoms with Crippen LogP contribution < -0.4 is 0 Å². The van der Waals surface area contributed by atoms with Gasteiger partial charge in [-0.15, -0.1) is 0 Å². The van der Waals surface area contributed by atoms with E-state index in [0.29, 0.717) is 0 Å². The first-order valence-electron chi connectivity index (χ1n) is 6.62. The zero-order valence-corrected chi connectivity index (χ0v) is 13.7. The number of rotatable bonds is 5. The summed E-state index contributed by atoms with van der Waals surface area (Å²) in [5.41, 5.74) is -2.79. The molecule has 118 valence electrons. The van der Waals surface area contributed by atoms with Gasteiger partial charge < -0.3 is 0 Å². The molecule has 0 rings (SSSR count). The van der Waals surface area contributed by atoms with Crippen LogP contribution in [0.3, 0.4) is 0 Å². The molecule has 0 aliphatic heterocycles. The molecule has 0 aromatic heterocycles. The summed E-state index contributed by atoms with van der Waals surface area (Å²) in [5.74, 6) is -1.62. The van der Waals surface area contributed by atoms with E-state index in [1.807, 2.05) is 0 Å². The molecule has 0 amide bonds. The zero-order valence-electron chi connectivity index (χ0n) is 13.7. The first-order chi connectivity index (χ1) is 8.82. The van der Waals surface area contributed by atoms with Crippen LogP contribution in [0.25, 0.3) is 0 Å². The third-order valence-electron chi connectivity index (χ3n) is 2.34. The lowest BCUT2D eigenvalue weighted by Gasteiger charge is -2.26. The first-order valence-corrected chi connectivity index (χ1v) is 6.62. The van der Waals surface area contributed by atoms with Crippen LogP contribution in [0.4, 0.5) is 0 Å². The molecule has 0 saturated heterocycles. The van der Waals surface area contributed by atoms with Gasteiger partial charge >= 0.3 is 11.9 Å². The van der Waals surface area contributed by atoms with Gasteiger partial charge in [-0.2, -0.15) is 9.78 Å². The van der Waals surface area contributed by atoms with E-state index >= 15 is 0 Å². The molecule has 6 heteroatoms. The molecule has 0 aliphatic rings. The Bertz CT molecular complexity index is 318. The smallest absolute Gasteiger partial charge is 0.297 e. The third kappa shape index (κ3) is 6.34. The number of hydrogen-bond acceptors (Lipinski definition) is 6. The molecule has 20 heavy (non-hydrogen) atoms. The van der Waals surface area contributed by atoms with Crippen LogP contribution in [-0.2, 0) is 29.1 Å². The predicted molar refractivity (Wildman–Crippen MR) is 72.3 cm³/mol. The van der Waals surface area contributed by atoms with Crippen molar-refractivity contribution >= 4 is 11.9 Å². The lowest BCUT2D eigenvalue weighted by molar-refractivity contribution is -0.339. The summed E-state index contributed by atoms with van der Waals surface area (Å²) in [4.78, 5) is 43.3. The van der Waals surface area contributed by atoms with Crippen LogP contribution in [0.5, 0.6) is 0 Å². The predicted octanol–water partition coefficient (Wildman–Crippen LogP) is 2.95. The van der Waals surface area contributed by atoms with E-state index in [9.17, 15) is 9.59 Å². The van der Waals surface area contributed by atoms with E-state index in [0.717, 1.165) is 0 Å². The molecule has 0 bridgehead atoms. The lowest BCUT2D eigenvalue weighted by atomic mass is 9.88. The van der Waals surface area contributed by atoms with Crippen molar-refractivity contribution < 1.29 is 29.1 Å². The molecular weight excluding hydrogens is 264 g/mol. The second kappa shape index (κ2) is 6.54. The van der Waals surface area contributed by atoms with E-state index in [-0.39, 0.29) is 6.42 Å². The van der Waals surface area contributed by atoms with Crippen LogP contribution in [0.15, 0.2) is 0 Å². The summed E-state index contributed by atoms with van der Waals surface area (Å²) in [6.07, 6.45) is 0.200. The van der Waals surface area contributed by atoms with Crippen molar-refractivity contribution in [3.63, 3.8) is 0 Å². The molecule has 0 saturated carbocycles. The zero-order chi connectivity index (χ0) is 16.2. The fourth-order valence-electron chi connectivity index (χ4n) is 0.882. The van der Waals surface area contributed by atoms with Crippen molar-refractivity contribution in [1.29, 1.82) is 0 Å². The van der Waals surface area contributed by atoms with Crippen molar-refractivity contribution in [3.05, 3.63) is 0 Å². The highest BCUT2D eigenvalue weighted by molar-refractivity contribution is 5.99. The van der Waals surface area contributed by atoms with E-state index in [4.69, 9.17) is 19.6 Å². The van der Waals surface area contributed by atoms with E-state index in [2.05, 4.69) is 0 Å². The summed E-state index contributed by atoms with van der Waals surface area (Å²) >= 11 is 0. The van der Waals surface area contributed by atoms with Gasteiger partial charge in [0.1, 0.15) is 11.2 Å². The SMILES string of the molecule is CCC(C)(C(=O)OOC(C)(C)C)C(=O)OOC(C)(C)C. The largest absolute Gasteiger partial charge is 0.359 e. The Morgan fingerprint density at radius 3 is 1.25 bits per heavy atom. The summed E-state index contributed by atoms with van der Waals surface area (Å²) in [5, 5.41) is 0. The highest BCUT2D eigenvalue weighted by Gasteiger charge is 2.45. The van der Waals surface area contributed by atoms with Gasteiger partial charge in [-0.05, 0) is 54.9 Å². The van der Waals surface area contributed by atoms with Gasteiger partial charge in [0.25, 0.3) is 0 Å². The normalized spacial score (nSPS) is 13.0. The van der Waals surface area contributed by atoms with Crippen molar-refractivity contribution in [2.24, 2.45) is 5.41 Å². The molecule has 6 nitrogen and oxygen atoms in total. The van der Waals surface area contributed by atoms with Crippen LogP contribution in [-0.4, -0.2) is 23.1 Å². The van der Waals surface area contributed by atoms with Gasteiger partial charge in [-0.25, -0.2) is 9.59 Å². The Hall–Kier alpha value is -1.14. The Balaban J connectivity index is 4.74. The molecule has 0 N–H and O–H groups in total. The van der Waals surface area contributed by atoms with Crippen LogP contribution in [0.1, 0.15) is 61.8 Å². The number of carbonyl (C=O) groups excluding carboxylic acids is 2. The minimum absolute atomic E-state index is 0.200. The van der Waals surface area contributed by atoms with Crippen LogP contribution in [0, 0.1) is 5.41 Å². The van der Waals surface area contributed by atoms with Crippen molar-refractivity contribution in [1.82, 2.24) is 0 Å². The van der Waals surface area contributed by atoms with Crippen molar-refractivity contribution in [2.75, 3.05) is 0 Å². The molecule has 0 atom stereocenters. The van der Waals surface area contributed by atoms with Gasteiger partial charge in [0.15, 0.2) is 5.41 Å². The highest BCUT2D eigenvalue weighted by atomic mass is 17.2. The Morgan fingerprint density at radius 2 is 1.05 bits per heavy atom. The summed E-state index contributed by atoms with van der Waals surface area (Å²) < 4.78 is 0. The monoisotopic (exact) mass is 290 g/mol. The molecular formula is C14H26O6. The second-order valence-electron chi connectivity index (χ2n) is 6.82. The van der Waals surface area contributed by atoms with Gasteiger partial charge in [-0.3, -0.25) is 9.78 Å². The maximum absolute atomic E-state index is 12.0. The van der Waals surface area contributed by atoms with Crippen molar-refractivity contribution in [2.45, 2.75) is 73.0 Å². The highest BCUT2D eigenvalue weighted by Crippen LogP contribution is 2.27. The van der Waals surface area contributed by atoms with Gasteiger partial charge in [0, 0.05) is 0 Å².